The van der Waals surface area contributed by atoms with Gasteiger partial charge in [0.2, 0.25) is 11.8 Å². The van der Waals surface area contributed by atoms with Crippen molar-refractivity contribution in [3.63, 3.8) is 0 Å². The fourth-order valence-electron chi connectivity index (χ4n) is 3.17. The maximum atomic E-state index is 13.0. The third-order valence-electron chi connectivity index (χ3n) is 4.61. The topological polar surface area (TPSA) is 107 Å². The first-order valence-electron chi connectivity index (χ1n) is 8.90. The van der Waals surface area contributed by atoms with Crippen LogP contribution in [0.4, 0.5) is 5.69 Å². The molecule has 1 fully saturated rings. The number of amides is 2. The predicted octanol–water partition coefficient (Wildman–Crippen LogP) is 1.33. The normalized spacial score (nSPS) is 15.5. The summed E-state index contributed by atoms with van der Waals surface area (Å²) in [5.74, 6) is -1.42. The SMILES string of the molecule is COCCC(C(=O)OC)N1CC(=O)N(c2cc(Cl)ccc2-n2cc(Cl)nn2)CC1=O. The molecule has 3 rings (SSSR count). The zero-order valence-corrected chi connectivity index (χ0v) is 17.8. The lowest BCUT2D eigenvalue weighted by Crippen LogP contribution is -2.59. The van der Waals surface area contributed by atoms with E-state index < -0.39 is 23.8 Å². The number of methoxy groups -OCH3 is 2. The highest BCUT2D eigenvalue weighted by Gasteiger charge is 2.39. The smallest absolute Gasteiger partial charge is 0.328 e. The molecule has 1 atom stereocenters. The average Bonchev–Trinajstić information content (AvgIpc) is 3.16. The zero-order valence-electron chi connectivity index (χ0n) is 16.2. The van der Waals surface area contributed by atoms with Crippen LogP contribution in [-0.4, -0.2) is 77.6 Å². The minimum atomic E-state index is -0.915. The van der Waals surface area contributed by atoms with Crippen molar-refractivity contribution in [3.05, 3.63) is 34.6 Å². The summed E-state index contributed by atoms with van der Waals surface area (Å²) < 4.78 is 11.2. The lowest BCUT2D eigenvalue weighted by Gasteiger charge is -2.37. The van der Waals surface area contributed by atoms with Gasteiger partial charge in [-0.05, 0) is 18.2 Å². The molecule has 0 saturated carbocycles. The summed E-state index contributed by atoms with van der Waals surface area (Å²) in [5.41, 5.74) is 0.839. The number of nitrogens with zero attached hydrogens (tertiary/aromatic N) is 5. The molecule has 1 unspecified atom stereocenters. The Bertz CT molecular complexity index is 966. The van der Waals surface area contributed by atoms with Gasteiger partial charge in [0.15, 0.2) is 5.15 Å². The largest absolute Gasteiger partial charge is 0.467 e. The fraction of sp³-hybridized carbons (Fsp3) is 0.389. The molecule has 2 amide bonds. The Morgan fingerprint density at radius 1 is 1.17 bits per heavy atom. The summed E-state index contributed by atoms with van der Waals surface area (Å²) in [6.45, 7) is -0.353. The van der Waals surface area contributed by atoms with Gasteiger partial charge in [0, 0.05) is 25.2 Å². The van der Waals surface area contributed by atoms with Crippen LogP contribution in [0.1, 0.15) is 6.42 Å². The van der Waals surface area contributed by atoms with Gasteiger partial charge in [0.05, 0.1) is 24.7 Å². The molecule has 1 aromatic carbocycles. The van der Waals surface area contributed by atoms with Crippen LogP contribution in [0.25, 0.3) is 5.69 Å². The van der Waals surface area contributed by atoms with E-state index >= 15 is 0 Å². The third-order valence-corrected chi connectivity index (χ3v) is 5.01. The molecule has 0 bridgehead atoms. The number of anilines is 1. The molecule has 1 saturated heterocycles. The van der Waals surface area contributed by atoms with E-state index in [1.165, 1.54) is 34.9 Å². The molecule has 160 valence electrons. The number of hydrogen-bond acceptors (Lipinski definition) is 7. The molecule has 0 aliphatic carbocycles. The summed E-state index contributed by atoms with van der Waals surface area (Å²) in [7, 11) is 2.71. The third kappa shape index (κ3) is 4.55. The maximum Gasteiger partial charge on any atom is 0.328 e. The molecule has 1 aromatic heterocycles. The highest BCUT2D eigenvalue weighted by atomic mass is 35.5. The van der Waals surface area contributed by atoms with E-state index in [0.29, 0.717) is 16.4 Å². The number of aromatic nitrogens is 3. The van der Waals surface area contributed by atoms with Crippen LogP contribution < -0.4 is 4.90 Å². The van der Waals surface area contributed by atoms with Crippen molar-refractivity contribution in [2.24, 2.45) is 0 Å². The van der Waals surface area contributed by atoms with Gasteiger partial charge in [-0.15, -0.1) is 5.10 Å². The molecular weight excluding hydrogens is 437 g/mol. The van der Waals surface area contributed by atoms with Crippen molar-refractivity contribution in [2.45, 2.75) is 12.5 Å². The number of carbonyl (C=O) groups excluding carboxylic acids is 3. The van der Waals surface area contributed by atoms with Crippen molar-refractivity contribution in [3.8, 4) is 5.69 Å². The number of benzene rings is 1. The summed E-state index contributed by atoms with van der Waals surface area (Å²) in [5, 5.41) is 8.18. The molecule has 1 aliphatic heterocycles. The van der Waals surface area contributed by atoms with Crippen molar-refractivity contribution < 1.29 is 23.9 Å². The zero-order chi connectivity index (χ0) is 21.8. The van der Waals surface area contributed by atoms with Crippen molar-refractivity contribution in [1.29, 1.82) is 0 Å². The van der Waals surface area contributed by atoms with Gasteiger partial charge in [0.1, 0.15) is 19.1 Å². The Hall–Kier alpha value is -2.69. The lowest BCUT2D eigenvalue weighted by atomic mass is 10.1. The quantitative estimate of drug-likeness (QED) is 0.579. The van der Waals surface area contributed by atoms with E-state index in [4.69, 9.17) is 32.7 Å². The summed E-state index contributed by atoms with van der Waals surface area (Å²) in [6.07, 6.45) is 1.68. The number of ether oxygens (including phenoxy) is 2. The molecular formula is C18H19Cl2N5O5. The van der Waals surface area contributed by atoms with Gasteiger partial charge in [-0.3, -0.25) is 14.5 Å². The first-order chi connectivity index (χ1) is 14.3. The van der Waals surface area contributed by atoms with Crippen LogP contribution in [0.5, 0.6) is 0 Å². The minimum Gasteiger partial charge on any atom is -0.467 e. The van der Waals surface area contributed by atoms with E-state index in [1.807, 2.05) is 0 Å². The average molecular weight is 456 g/mol. The first-order valence-corrected chi connectivity index (χ1v) is 9.65. The van der Waals surface area contributed by atoms with E-state index in [0.717, 1.165) is 0 Å². The molecule has 12 heteroatoms. The number of hydrogen-bond donors (Lipinski definition) is 0. The van der Waals surface area contributed by atoms with E-state index in [-0.39, 0.29) is 31.3 Å². The minimum absolute atomic E-state index is 0.169. The van der Waals surface area contributed by atoms with Gasteiger partial charge in [-0.2, -0.15) is 0 Å². The molecule has 0 N–H and O–H groups in total. The van der Waals surface area contributed by atoms with Gasteiger partial charge in [-0.1, -0.05) is 28.4 Å². The Kier molecular flexibility index (Phi) is 6.91. The number of esters is 1. The summed E-state index contributed by atoms with van der Waals surface area (Å²) in [6, 6.07) is 3.90. The molecule has 1 aliphatic rings. The first kappa shape index (κ1) is 22.0. The molecule has 2 aromatic rings. The van der Waals surface area contributed by atoms with Gasteiger partial charge in [-0.25, -0.2) is 9.48 Å². The van der Waals surface area contributed by atoms with Crippen LogP contribution in [0.15, 0.2) is 24.4 Å². The Balaban J connectivity index is 1.91. The van der Waals surface area contributed by atoms with Crippen LogP contribution >= 0.6 is 23.2 Å². The van der Waals surface area contributed by atoms with Gasteiger partial charge < -0.3 is 14.4 Å². The Morgan fingerprint density at radius 2 is 1.93 bits per heavy atom. The molecule has 2 heterocycles. The maximum absolute atomic E-state index is 13.0. The van der Waals surface area contributed by atoms with Crippen LogP contribution in [0.3, 0.4) is 0 Å². The molecule has 0 spiro atoms. The van der Waals surface area contributed by atoms with Crippen molar-refractivity contribution >= 4 is 46.7 Å². The number of carbonyl (C=O) groups is 3. The Morgan fingerprint density at radius 3 is 2.57 bits per heavy atom. The van der Waals surface area contributed by atoms with E-state index in [9.17, 15) is 14.4 Å². The van der Waals surface area contributed by atoms with Gasteiger partial charge in [0.25, 0.3) is 0 Å². The predicted molar refractivity (Wildman–Crippen MR) is 108 cm³/mol. The number of halogens is 2. The monoisotopic (exact) mass is 455 g/mol. The molecule has 30 heavy (non-hydrogen) atoms. The van der Waals surface area contributed by atoms with Gasteiger partial charge >= 0.3 is 5.97 Å². The second kappa shape index (κ2) is 9.41. The van der Waals surface area contributed by atoms with E-state index in [1.54, 1.807) is 18.2 Å². The van der Waals surface area contributed by atoms with Crippen LogP contribution in [-0.2, 0) is 23.9 Å². The number of piperazine rings is 1. The molecule has 10 nitrogen and oxygen atoms in total. The lowest BCUT2D eigenvalue weighted by molar-refractivity contribution is -0.155. The Labute approximate surface area is 182 Å². The summed E-state index contributed by atoms with van der Waals surface area (Å²) in [4.78, 5) is 40.5. The van der Waals surface area contributed by atoms with Crippen LogP contribution in [0, 0.1) is 0 Å². The second-order valence-corrected chi connectivity index (χ2v) is 7.26. The highest BCUT2D eigenvalue weighted by molar-refractivity contribution is 6.31. The molecule has 0 radical (unpaired) electrons. The number of rotatable bonds is 7. The van der Waals surface area contributed by atoms with E-state index in [2.05, 4.69) is 10.3 Å². The van der Waals surface area contributed by atoms with Crippen molar-refractivity contribution in [2.75, 3.05) is 38.8 Å². The summed E-state index contributed by atoms with van der Waals surface area (Å²) >= 11 is 12.0. The van der Waals surface area contributed by atoms with Crippen LogP contribution in [0.2, 0.25) is 10.2 Å². The standard InChI is InChI=1S/C18H19Cl2N5O5/c1-29-6-5-13(18(28)30-2)23-9-17(27)24(10-16(23)26)14-7-11(19)3-4-12(14)25-8-15(20)21-22-25/h3-4,7-8,13H,5-6,9-10H2,1-2H3. The van der Waals surface area contributed by atoms with Crippen molar-refractivity contribution in [1.82, 2.24) is 19.9 Å². The highest BCUT2D eigenvalue weighted by Crippen LogP contribution is 2.30. The fourth-order valence-corrected chi connectivity index (χ4v) is 3.46. The second-order valence-electron chi connectivity index (χ2n) is 6.44.